The molecule has 4 nitrogen and oxygen atoms in total. The first-order valence-electron chi connectivity index (χ1n) is 5.81. The van der Waals surface area contributed by atoms with Crippen molar-refractivity contribution in [1.29, 1.82) is 0 Å². The maximum absolute atomic E-state index is 8.98. The highest BCUT2D eigenvalue weighted by atomic mass is 16.5. The molecule has 0 atom stereocenters. The molecule has 2 rings (SSSR count). The van der Waals surface area contributed by atoms with Crippen LogP contribution in [-0.2, 0) is 6.54 Å². The second kappa shape index (κ2) is 5.38. The van der Waals surface area contributed by atoms with Gasteiger partial charge in [-0.1, -0.05) is 12.1 Å². The van der Waals surface area contributed by atoms with Gasteiger partial charge in [-0.25, -0.2) is 0 Å². The minimum Gasteiger partial charge on any atom is -0.493 e. The molecule has 1 aliphatic heterocycles. The molecule has 1 N–H and O–H groups in total. The molecule has 0 spiro atoms. The number of benzene rings is 1. The van der Waals surface area contributed by atoms with Crippen molar-refractivity contribution < 1.29 is 14.6 Å². The zero-order valence-electron chi connectivity index (χ0n) is 10.3. The lowest BCUT2D eigenvalue weighted by molar-refractivity contribution is 0.0473. The fourth-order valence-corrected chi connectivity index (χ4v) is 2.24. The fraction of sp³-hybridized carbons (Fsp3) is 0.538. The van der Waals surface area contributed by atoms with Crippen molar-refractivity contribution in [3.05, 3.63) is 23.8 Å². The first-order chi connectivity index (χ1) is 8.28. The van der Waals surface area contributed by atoms with Crippen molar-refractivity contribution in [2.45, 2.75) is 6.54 Å². The number of ether oxygens (including phenoxy) is 2. The summed E-state index contributed by atoms with van der Waals surface area (Å²) < 4.78 is 10.7. The average Bonchev–Trinajstić information content (AvgIpc) is 2.32. The Balaban J connectivity index is 2.05. The van der Waals surface area contributed by atoms with Crippen LogP contribution in [0.25, 0.3) is 0 Å². The highest BCUT2D eigenvalue weighted by Crippen LogP contribution is 2.32. The topological polar surface area (TPSA) is 41.9 Å². The summed E-state index contributed by atoms with van der Waals surface area (Å²) >= 11 is 0. The monoisotopic (exact) mass is 237 g/mol. The number of hydrogen-bond donors (Lipinski definition) is 1. The Morgan fingerprint density at radius 3 is 2.65 bits per heavy atom. The minimum atomic E-state index is 0.283. The van der Waals surface area contributed by atoms with Crippen molar-refractivity contribution in [3.63, 3.8) is 0 Å². The van der Waals surface area contributed by atoms with Gasteiger partial charge in [-0.3, -0.25) is 4.90 Å². The van der Waals surface area contributed by atoms with E-state index >= 15 is 0 Å². The van der Waals surface area contributed by atoms with Gasteiger partial charge in [0.15, 0.2) is 11.5 Å². The van der Waals surface area contributed by atoms with E-state index in [-0.39, 0.29) is 6.61 Å². The van der Waals surface area contributed by atoms with Crippen LogP contribution in [-0.4, -0.2) is 43.9 Å². The first kappa shape index (κ1) is 12.2. The third-order valence-corrected chi connectivity index (χ3v) is 3.17. The summed E-state index contributed by atoms with van der Waals surface area (Å²) in [5.74, 6) is 2.01. The molecule has 1 fully saturated rings. The molecule has 4 heteroatoms. The number of likely N-dealkylation sites (tertiary alicyclic amines) is 1. The predicted molar refractivity (Wildman–Crippen MR) is 65.4 cm³/mol. The standard InChI is InChI=1S/C13H19NO3/c1-16-12-5-3-4-11(13(12)17-2)8-14-6-10(7-14)9-15/h3-5,10,15H,6-9H2,1-2H3. The van der Waals surface area contributed by atoms with Gasteiger partial charge in [0.25, 0.3) is 0 Å². The van der Waals surface area contributed by atoms with Crippen LogP contribution < -0.4 is 9.47 Å². The van der Waals surface area contributed by atoms with E-state index < -0.39 is 0 Å². The van der Waals surface area contributed by atoms with Crippen molar-refractivity contribution in [2.75, 3.05) is 33.9 Å². The van der Waals surface area contributed by atoms with Crippen molar-refractivity contribution in [2.24, 2.45) is 5.92 Å². The zero-order valence-corrected chi connectivity index (χ0v) is 10.3. The molecular weight excluding hydrogens is 218 g/mol. The van der Waals surface area contributed by atoms with E-state index in [1.54, 1.807) is 14.2 Å². The SMILES string of the molecule is COc1cccc(CN2CC(CO)C2)c1OC. The van der Waals surface area contributed by atoms with Crippen LogP contribution in [0.3, 0.4) is 0 Å². The van der Waals surface area contributed by atoms with Crippen LogP contribution in [0.1, 0.15) is 5.56 Å². The van der Waals surface area contributed by atoms with Crippen LogP contribution in [0.5, 0.6) is 11.5 Å². The highest BCUT2D eigenvalue weighted by molar-refractivity contribution is 5.46. The van der Waals surface area contributed by atoms with E-state index in [4.69, 9.17) is 14.6 Å². The van der Waals surface area contributed by atoms with Crippen LogP contribution in [0.4, 0.5) is 0 Å². The second-order valence-electron chi connectivity index (χ2n) is 4.40. The van der Waals surface area contributed by atoms with E-state index in [2.05, 4.69) is 4.90 Å². The summed E-state index contributed by atoms with van der Waals surface area (Å²) in [5.41, 5.74) is 1.13. The number of nitrogens with zero attached hydrogens (tertiary/aromatic N) is 1. The van der Waals surface area contributed by atoms with Crippen molar-refractivity contribution in [3.8, 4) is 11.5 Å². The number of methoxy groups -OCH3 is 2. The number of para-hydroxylation sites is 1. The maximum Gasteiger partial charge on any atom is 0.165 e. The smallest absolute Gasteiger partial charge is 0.165 e. The van der Waals surface area contributed by atoms with Gasteiger partial charge in [-0.15, -0.1) is 0 Å². The van der Waals surface area contributed by atoms with Gasteiger partial charge in [-0.2, -0.15) is 0 Å². The summed E-state index contributed by atoms with van der Waals surface area (Å²) in [6, 6.07) is 5.92. The van der Waals surface area contributed by atoms with Gasteiger partial charge < -0.3 is 14.6 Å². The van der Waals surface area contributed by atoms with Gasteiger partial charge in [-0.05, 0) is 6.07 Å². The molecule has 0 amide bonds. The molecule has 0 aliphatic carbocycles. The summed E-state index contributed by atoms with van der Waals surface area (Å²) in [5, 5.41) is 8.98. The quantitative estimate of drug-likeness (QED) is 0.833. The summed E-state index contributed by atoms with van der Waals surface area (Å²) in [4.78, 5) is 2.29. The molecule has 1 aromatic carbocycles. The molecule has 0 unspecified atom stereocenters. The Morgan fingerprint density at radius 2 is 2.06 bits per heavy atom. The Morgan fingerprint density at radius 1 is 1.29 bits per heavy atom. The fourth-order valence-electron chi connectivity index (χ4n) is 2.24. The molecule has 1 saturated heterocycles. The number of aliphatic hydroxyl groups excluding tert-OH is 1. The Hall–Kier alpha value is -1.26. The molecule has 0 radical (unpaired) electrons. The summed E-state index contributed by atoms with van der Waals surface area (Å²) in [7, 11) is 3.31. The second-order valence-corrected chi connectivity index (χ2v) is 4.40. The number of rotatable bonds is 5. The van der Waals surface area contributed by atoms with E-state index in [1.165, 1.54) is 0 Å². The van der Waals surface area contributed by atoms with Gasteiger partial charge in [0.2, 0.25) is 0 Å². The van der Waals surface area contributed by atoms with Crippen molar-refractivity contribution in [1.82, 2.24) is 4.90 Å². The van der Waals surface area contributed by atoms with E-state index in [0.29, 0.717) is 5.92 Å². The van der Waals surface area contributed by atoms with Crippen LogP contribution >= 0.6 is 0 Å². The van der Waals surface area contributed by atoms with Crippen LogP contribution in [0, 0.1) is 5.92 Å². The van der Waals surface area contributed by atoms with Gasteiger partial charge in [0, 0.05) is 37.7 Å². The average molecular weight is 237 g/mol. The lowest BCUT2D eigenvalue weighted by Crippen LogP contribution is -2.47. The molecular formula is C13H19NO3. The van der Waals surface area contributed by atoms with Gasteiger partial charge >= 0.3 is 0 Å². The van der Waals surface area contributed by atoms with E-state index in [9.17, 15) is 0 Å². The number of hydrogen-bond acceptors (Lipinski definition) is 4. The summed E-state index contributed by atoms with van der Waals surface area (Å²) in [6.45, 7) is 3.04. The third-order valence-electron chi connectivity index (χ3n) is 3.17. The van der Waals surface area contributed by atoms with Crippen LogP contribution in [0.15, 0.2) is 18.2 Å². The van der Waals surface area contributed by atoms with E-state index in [1.807, 2.05) is 18.2 Å². The molecule has 94 valence electrons. The minimum absolute atomic E-state index is 0.283. The third kappa shape index (κ3) is 2.53. The molecule has 1 aromatic rings. The van der Waals surface area contributed by atoms with Crippen molar-refractivity contribution >= 4 is 0 Å². The Bertz CT molecular complexity index is 375. The first-order valence-corrected chi connectivity index (χ1v) is 5.81. The normalized spacial score (nSPS) is 16.6. The number of aliphatic hydroxyl groups is 1. The van der Waals surface area contributed by atoms with Gasteiger partial charge in [0.05, 0.1) is 14.2 Å². The Kier molecular flexibility index (Phi) is 3.86. The molecule has 0 aromatic heterocycles. The summed E-state index contributed by atoms with van der Waals surface area (Å²) in [6.07, 6.45) is 0. The molecule has 0 saturated carbocycles. The van der Waals surface area contributed by atoms with Gasteiger partial charge in [0.1, 0.15) is 0 Å². The largest absolute Gasteiger partial charge is 0.493 e. The predicted octanol–water partition coefficient (Wildman–Crippen LogP) is 1.13. The van der Waals surface area contributed by atoms with Crippen LogP contribution in [0.2, 0.25) is 0 Å². The zero-order chi connectivity index (χ0) is 12.3. The lowest BCUT2D eigenvalue weighted by atomic mass is 10.00. The Labute approximate surface area is 102 Å². The highest BCUT2D eigenvalue weighted by Gasteiger charge is 2.26. The van der Waals surface area contributed by atoms with E-state index in [0.717, 1.165) is 36.7 Å². The lowest BCUT2D eigenvalue weighted by Gasteiger charge is -2.38. The molecule has 17 heavy (non-hydrogen) atoms. The maximum atomic E-state index is 8.98. The molecule has 0 bridgehead atoms. The molecule has 1 heterocycles. The molecule has 1 aliphatic rings.